The van der Waals surface area contributed by atoms with Crippen molar-refractivity contribution in [2.45, 2.75) is 18.2 Å². The molecule has 0 aliphatic heterocycles. The number of hydrogen-bond donors (Lipinski definition) is 2. The summed E-state index contributed by atoms with van der Waals surface area (Å²) in [5.41, 5.74) is 0.769. The molecule has 1 heterocycles. The number of nitrogens with one attached hydrogen (secondary N) is 1. The van der Waals surface area contributed by atoms with Crippen molar-refractivity contribution in [3.63, 3.8) is 0 Å². The molecule has 0 spiro atoms. The Morgan fingerprint density at radius 1 is 1.43 bits per heavy atom. The first-order chi connectivity index (χ1) is 10.8. The summed E-state index contributed by atoms with van der Waals surface area (Å²) in [4.78, 5) is 14.7. The van der Waals surface area contributed by atoms with Gasteiger partial charge in [-0.15, -0.1) is 11.3 Å². The minimum atomic E-state index is -3.72. The molecular formula is C14H16N2O5S2. The van der Waals surface area contributed by atoms with Crippen molar-refractivity contribution in [1.82, 2.24) is 9.71 Å². The quantitative estimate of drug-likeness (QED) is 0.782. The summed E-state index contributed by atoms with van der Waals surface area (Å²) >= 11 is 1.18. The highest BCUT2D eigenvalue weighted by molar-refractivity contribution is 7.89. The van der Waals surface area contributed by atoms with Crippen LogP contribution in [0.3, 0.4) is 0 Å². The van der Waals surface area contributed by atoms with Crippen molar-refractivity contribution in [2.24, 2.45) is 0 Å². The Hall–Kier alpha value is -1.97. The topological polar surface area (TPSA) is 106 Å². The molecule has 0 aliphatic rings. The number of sulfonamides is 1. The smallest absolute Gasteiger partial charge is 0.355 e. The molecule has 7 nitrogen and oxygen atoms in total. The molecule has 2 N–H and O–H groups in total. The van der Waals surface area contributed by atoms with Crippen LogP contribution in [0.4, 0.5) is 0 Å². The zero-order chi connectivity index (χ0) is 17.0. The van der Waals surface area contributed by atoms with Crippen LogP contribution in [0.2, 0.25) is 0 Å². The zero-order valence-electron chi connectivity index (χ0n) is 12.6. The molecule has 0 unspecified atom stereocenters. The van der Waals surface area contributed by atoms with Gasteiger partial charge in [-0.25, -0.2) is 22.9 Å². The molecule has 0 saturated heterocycles. The van der Waals surface area contributed by atoms with Crippen LogP contribution in [-0.4, -0.2) is 38.1 Å². The van der Waals surface area contributed by atoms with Crippen molar-refractivity contribution in [2.75, 3.05) is 13.7 Å². The summed E-state index contributed by atoms with van der Waals surface area (Å²) in [6.07, 6.45) is 0.311. The summed E-state index contributed by atoms with van der Waals surface area (Å²) in [7, 11) is -2.31. The van der Waals surface area contributed by atoms with E-state index in [1.165, 1.54) is 29.9 Å². The molecule has 2 aromatic rings. The molecule has 0 aliphatic carbocycles. The number of aromatic nitrogens is 1. The van der Waals surface area contributed by atoms with Crippen LogP contribution in [0.15, 0.2) is 28.5 Å². The number of thiazole rings is 1. The van der Waals surface area contributed by atoms with E-state index < -0.39 is 16.0 Å². The number of rotatable bonds is 7. The molecule has 0 fully saturated rings. The van der Waals surface area contributed by atoms with E-state index in [2.05, 4.69) is 9.71 Å². The van der Waals surface area contributed by atoms with Crippen LogP contribution in [0, 0.1) is 6.92 Å². The Labute approximate surface area is 138 Å². The summed E-state index contributed by atoms with van der Waals surface area (Å²) < 4.78 is 32.3. The predicted octanol–water partition coefficient (Wildman–Crippen LogP) is 1.68. The summed E-state index contributed by atoms with van der Waals surface area (Å²) in [6.45, 7) is 1.91. The Balaban J connectivity index is 2.07. The second-order valence-corrected chi connectivity index (χ2v) is 7.41. The standard InChI is InChI=1S/C14H16N2O5S2/c1-9-3-4-11(21-2)12(7-9)23(19,20)15-6-5-13-16-10(8-22-13)14(17)18/h3-4,7-8,15H,5-6H2,1-2H3,(H,17,18). The molecule has 1 aromatic heterocycles. The lowest BCUT2D eigenvalue weighted by Crippen LogP contribution is -2.26. The van der Waals surface area contributed by atoms with Gasteiger partial charge in [0.2, 0.25) is 10.0 Å². The summed E-state index contributed by atoms with van der Waals surface area (Å²) in [6, 6.07) is 4.90. The number of benzene rings is 1. The average Bonchev–Trinajstić information content (AvgIpc) is 2.96. The molecule has 9 heteroatoms. The molecule has 0 saturated carbocycles. The molecule has 0 bridgehead atoms. The largest absolute Gasteiger partial charge is 0.495 e. The first-order valence-electron chi connectivity index (χ1n) is 6.65. The van der Waals surface area contributed by atoms with Gasteiger partial charge in [0, 0.05) is 18.3 Å². The van der Waals surface area contributed by atoms with Crippen molar-refractivity contribution < 1.29 is 23.1 Å². The molecule has 0 atom stereocenters. The van der Waals surface area contributed by atoms with Crippen LogP contribution >= 0.6 is 11.3 Å². The van der Waals surface area contributed by atoms with Gasteiger partial charge in [-0.05, 0) is 24.6 Å². The number of ether oxygens (including phenoxy) is 1. The molecule has 0 radical (unpaired) electrons. The van der Waals surface area contributed by atoms with Gasteiger partial charge >= 0.3 is 5.97 Å². The van der Waals surface area contributed by atoms with Gasteiger partial charge in [0.15, 0.2) is 5.69 Å². The van der Waals surface area contributed by atoms with Crippen LogP contribution in [-0.2, 0) is 16.4 Å². The molecule has 1 aromatic carbocycles. The van der Waals surface area contributed by atoms with E-state index in [1.54, 1.807) is 19.1 Å². The van der Waals surface area contributed by atoms with Crippen molar-refractivity contribution in [3.8, 4) is 5.75 Å². The molecule has 124 valence electrons. The number of aryl methyl sites for hydroxylation is 1. The Morgan fingerprint density at radius 2 is 2.17 bits per heavy atom. The minimum absolute atomic E-state index is 0.0341. The van der Waals surface area contributed by atoms with Gasteiger partial charge in [0.25, 0.3) is 0 Å². The number of carbonyl (C=O) groups is 1. The number of carboxylic acids is 1. The van der Waals surface area contributed by atoms with Crippen molar-refractivity contribution >= 4 is 27.3 Å². The van der Waals surface area contributed by atoms with E-state index in [0.29, 0.717) is 11.4 Å². The first kappa shape index (κ1) is 17.4. The Kier molecular flexibility index (Phi) is 5.34. The number of hydrogen-bond acceptors (Lipinski definition) is 6. The Bertz CT molecular complexity index is 814. The van der Waals surface area contributed by atoms with Crippen molar-refractivity contribution in [1.29, 1.82) is 0 Å². The third-order valence-corrected chi connectivity index (χ3v) is 5.40. The van der Waals surface area contributed by atoms with E-state index >= 15 is 0 Å². The molecule has 0 amide bonds. The highest BCUT2D eigenvalue weighted by atomic mass is 32.2. The first-order valence-corrected chi connectivity index (χ1v) is 9.02. The van der Waals surface area contributed by atoms with Crippen LogP contribution in [0.1, 0.15) is 21.1 Å². The van der Waals surface area contributed by atoms with Crippen LogP contribution in [0.5, 0.6) is 5.75 Å². The SMILES string of the molecule is COc1ccc(C)cc1S(=O)(=O)NCCc1nc(C(=O)O)cs1. The average molecular weight is 356 g/mol. The number of carboxylic acid groups (broad SMARTS) is 1. The van der Waals surface area contributed by atoms with Gasteiger partial charge in [0.05, 0.1) is 12.1 Å². The third-order valence-electron chi connectivity index (χ3n) is 3.01. The fourth-order valence-corrected chi connectivity index (χ4v) is 3.94. The second kappa shape index (κ2) is 7.07. The summed E-state index contributed by atoms with van der Waals surface area (Å²) in [5, 5.41) is 10.8. The van der Waals surface area contributed by atoms with E-state index in [9.17, 15) is 13.2 Å². The molecule has 23 heavy (non-hydrogen) atoms. The third kappa shape index (κ3) is 4.27. The summed E-state index contributed by atoms with van der Waals surface area (Å²) in [5.74, 6) is -0.830. The van der Waals surface area contributed by atoms with Gasteiger partial charge < -0.3 is 9.84 Å². The van der Waals surface area contributed by atoms with Gasteiger partial charge in [-0.1, -0.05) is 6.07 Å². The maximum absolute atomic E-state index is 12.4. The fraction of sp³-hybridized carbons (Fsp3) is 0.286. The maximum atomic E-state index is 12.4. The highest BCUT2D eigenvalue weighted by Gasteiger charge is 2.19. The number of aromatic carboxylic acids is 1. The monoisotopic (exact) mass is 356 g/mol. The van der Waals surface area contributed by atoms with E-state index in [0.717, 1.165) is 5.56 Å². The van der Waals surface area contributed by atoms with E-state index in [4.69, 9.17) is 9.84 Å². The van der Waals surface area contributed by atoms with Gasteiger partial charge in [-0.3, -0.25) is 0 Å². The lowest BCUT2D eigenvalue weighted by Gasteiger charge is -2.11. The molecular weight excluding hydrogens is 340 g/mol. The van der Waals surface area contributed by atoms with Crippen molar-refractivity contribution in [3.05, 3.63) is 39.8 Å². The van der Waals surface area contributed by atoms with Gasteiger partial charge in [0.1, 0.15) is 10.6 Å². The zero-order valence-corrected chi connectivity index (χ0v) is 14.2. The highest BCUT2D eigenvalue weighted by Crippen LogP contribution is 2.24. The predicted molar refractivity (Wildman–Crippen MR) is 85.7 cm³/mol. The lowest BCUT2D eigenvalue weighted by atomic mass is 10.2. The fourth-order valence-electron chi connectivity index (χ4n) is 1.89. The lowest BCUT2D eigenvalue weighted by molar-refractivity contribution is 0.0691. The maximum Gasteiger partial charge on any atom is 0.355 e. The van der Waals surface area contributed by atoms with Crippen LogP contribution < -0.4 is 9.46 Å². The normalized spacial score (nSPS) is 11.4. The minimum Gasteiger partial charge on any atom is -0.495 e. The van der Waals surface area contributed by atoms with Gasteiger partial charge in [-0.2, -0.15) is 0 Å². The number of nitrogens with zero attached hydrogens (tertiary/aromatic N) is 1. The second-order valence-electron chi connectivity index (χ2n) is 4.73. The van der Waals surface area contributed by atoms with E-state index in [-0.39, 0.29) is 22.9 Å². The van der Waals surface area contributed by atoms with E-state index in [1.807, 2.05) is 0 Å². The number of methoxy groups -OCH3 is 1. The Morgan fingerprint density at radius 3 is 2.78 bits per heavy atom. The molecule has 2 rings (SSSR count). The van der Waals surface area contributed by atoms with Crippen LogP contribution in [0.25, 0.3) is 0 Å².